The van der Waals surface area contributed by atoms with Gasteiger partial charge in [0.15, 0.2) is 0 Å². The molecule has 124 valence electrons. The van der Waals surface area contributed by atoms with Crippen molar-refractivity contribution in [3.63, 3.8) is 0 Å². The predicted molar refractivity (Wildman–Crippen MR) is 84.5 cm³/mol. The van der Waals surface area contributed by atoms with Crippen molar-refractivity contribution in [3.05, 3.63) is 48.4 Å². The van der Waals surface area contributed by atoms with Gasteiger partial charge in [-0.15, -0.1) is 0 Å². The lowest BCUT2D eigenvalue weighted by atomic mass is 9.84. The molecule has 2 aliphatic heterocycles. The molecule has 2 saturated heterocycles. The Labute approximate surface area is 139 Å². The van der Waals surface area contributed by atoms with Crippen molar-refractivity contribution in [2.24, 2.45) is 0 Å². The van der Waals surface area contributed by atoms with Crippen LogP contribution in [-0.4, -0.2) is 57.4 Å². The van der Waals surface area contributed by atoms with Crippen LogP contribution >= 0.6 is 0 Å². The molecule has 1 atom stereocenters. The van der Waals surface area contributed by atoms with E-state index in [1.165, 1.54) is 12.4 Å². The van der Waals surface area contributed by atoms with Crippen LogP contribution in [0.25, 0.3) is 0 Å². The number of hydrogen-bond acceptors (Lipinski definition) is 6. The van der Waals surface area contributed by atoms with Crippen LogP contribution in [0, 0.1) is 0 Å². The Balaban J connectivity index is 1.36. The number of amides is 1. The average molecular weight is 326 g/mol. The maximum atomic E-state index is 12.4. The topological polar surface area (TPSA) is 77.4 Å². The van der Waals surface area contributed by atoms with Gasteiger partial charge in [-0.1, -0.05) is 6.07 Å². The van der Waals surface area contributed by atoms with E-state index >= 15 is 0 Å². The molecule has 4 rings (SSSR count). The van der Waals surface area contributed by atoms with Gasteiger partial charge in [-0.25, -0.2) is 4.98 Å². The molecule has 4 heterocycles. The third kappa shape index (κ3) is 2.94. The molecule has 0 aliphatic carbocycles. The average Bonchev–Trinajstić information content (AvgIpc) is 2.61. The van der Waals surface area contributed by atoms with Gasteiger partial charge in [-0.2, -0.15) is 10.2 Å². The molecule has 2 fully saturated rings. The van der Waals surface area contributed by atoms with Crippen molar-refractivity contribution in [1.82, 2.24) is 20.1 Å². The number of ether oxygens (including phenoxy) is 2. The molecule has 2 aromatic heterocycles. The molecule has 0 saturated carbocycles. The van der Waals surface area contributed by atoms with Crippen molar-refractivity contribution >= 4 is 5.91 Å². The number of hydrogen-bond donors (Lipinski definition) is 0. The van der Waals surface area contributed by atoms with Crippen molar-refractivity contribution in [1.29, 1.82) is 0 Å². The summed E-state index contributed by atoms with van der Waals surface area (Å²) in [5, 5.41) is 7.45. The highest BCUT2D eigenvalue weighted by Crippen LogP contribution is 2.36. The van der Waals surface area contributed by atoms with Gasteiger partial charge >= 0.3 is 0 Å². The van der Waals surface area contributed by atoms with Crippen molar-refractivity contribution in [3.8, 4) is 5.88 Å². The van der Waals surface area contributed by atoms with Crippen LogP contribution in [0.4, 0.5) is 0 Å². The van der Waals surface area contributed by atoms with Crippen LogP contribution in [-0.2, 0) is 4.74 Å². The fourth-order valence-corrected chi connectivity index (χ4v) is 3.28. The fourth-order valence-electron chi connectivity index (χ4n) is 3.28. The Hall–Kier alpha value is -2.54. The normalized spacial score (nSPS) is 22.0. The molecule has 0 radical (unpaired) electrons. The Morgan fingerprint density at radius 1 is 1.25 bits per heavy atom. The summed E-state index contributed by atoms with van der Waals surface area (Å²) in [5.74, 6) is 0.599. The number of carbonyl (C=O) groups excluding carboxylic acids is 1. The second-order valence-electron chi connectivity index (χ2n) is 6.22. The highest BCUT2D eigenvalue weighted by atomic mass is 16.5. The number of likely N-dealkylation sites (tertiary alicyclic amines) is 1. The summed E-state index contributed by atoms with van der Waals surface area (Å²) in [7, 11) is 0. The molecule has 2 aliphatic rings. The number of pyridine rings is 1. The number of rotatable bonds is 3. The summed E-state index contributed by atoms with van der Waals surface area (Å²) in [6, 6.07) is 7.30. The van der Waals surface area contributed by atoms with E-state index in [0.717, 1.165) is 12.8 Å². The van der Waals surface area contributed by atoms with Crippen LogP contribution < -0.4 is 4.74 Å². The first kappa shape index (κ1) is 15.0. The summed E-state index contributed by atoms with van der Waals surface area (Å²) in [4.78, 5) is 18.4. The zero-order valence-electron chi connectivity index (χ0n) is 13.2. The van der Waals surface area contributed by atoms with Crippen molar-refractivity contribution in [2.75, 3.05) is 19.7 Å². The molecule has 1 amide bonds. The van der Waals surface area contributed by atoms with Crippen LogP contribution in [0.5, 0.6) is 5.88 Å². The van der Waals surface area contributed by atoms with Crippen LogP contribution in [0.3, 0.4) is 0 Å². The minimum Gasteiger partial charge on any atom is -0.474 e. The maximum absolute atomic E-state index is 12.4. The van der Waals surface area contributed by atoms with E-state index in [9.17, 15) is 4.79 Å². The van der Waals surface area contributed by atoms with Crippen LogP contribution in [0.1, 0.15) is 23.2 Å². The van der Waals surface area contributed by atoms with Gasteiger partial charge in [-0.05, 0) is 12.1 Å². The second-order valence-corrected chi connectivity index (χ2v) is 6.22. The standard InChI is InChI=1S/C17H18N4O3/c22-16(13-4-7-19-20-10-13)21-11-17(12-21)9-14(5-8-23-17)24-15-3-1-2-6-18-15/h1-4,6-7,10,14H,5,8-9,11-12H2. The van der Waals surface area contributed by atoms with Gasteiger partial charge in [0.25, 0.3) is 5.91 Å². The van der Waals surface area contributed by atoms with Gasteiger partial charge in [0, 0.05) is 25.1 Å². The number of nitrogens with zero attached hydrogens (tertiary/aromatic N) is 4. The quantitative estimate of drug-likeness (QED) is 0.847. The molecule has 1 unspecified atom stereocenters. The lowest BCUT2D eigenvalue weighted by molar-refractivity contribution is -0.174. The van der Waals surface area contributed by atoms with E-state index in [1.807, 2.05) is 18.2 Å². The third-order valence-corrected chi connectivity index (χ3v) is 4.45. The lowest BCUT2D eigenvalue weighted by Crippen LogP contribution is -2.67. The number of aromatic nitrogens is 3. The van der Waals surface area contributed by atoms with Crippen molar-refractivity contribution < 1.29 is 14.3 Å². The SMILES string of the molecule is O=C(c1ccnnc1)N1CC2(CC(Oc3ccccn3)CCO2)C1. The van der Waals surface area contributed by atoms with Gasteiger partial charge in [0.1, 0.15) is 11.7 Å². The predicted octanol–water partition coefficient (Wildman–Crippen LogP) is 1.32. The highest BCUT2D eigenvalue weighted by molar-refractivity contribution is 5.94. The zero-order valence-corrected chi connectivity index (χ0v) is 13.2. The van der Waals surface area contributed by atoms with E-state index in [4.69, 9.17) is 9.47 Å². The first-order valence-electron chi connectivity index (χ1n) is 8.02. The maximum Gasteiger partial charge on any atom is 0.255 e. The summed E-state index contributed by atoms with van der Waals surface area (Å²) in [6.07, 6.45) is 6.39. The van der Waals surface area contributed by atoms with Gasteiger partial charge in [0.05, 0.1) is 37.7 Å². The molecule has 0 bridgehead atoms. The van der Waals surface area contributed by atoms with Gasteiger partial charge in [-0.3, -0.25) is 4.79 Å². The monoisotopic (exact) mass is 326 g/mol. The molecule has 0 N–H and O–H groups in total. The Morgan fingerprint density at radius 3 is 2.92 bits per heavy atom. The number of carbonyl (C=O) groups is 1. The van der Waals surface area contributed by atoms with E-state index < -0.39 is 0 Å². The smallest absolute Gasteiger partial charge is 0.255 e. The molecule has 1 spiro atoms. The Morgan fingerprint density at radius 2 is 2.17 bits per heavy atom. The summed E-state index contributed by atoms with van der Waals surface area (Å²) in [6.45, 7) is 1.79. The van der Waals surface area contributed by atoms with Gasteiger partial charge < -0.3 is 14.4 Å². The molecule has 7 nitrogen and oxygen atoms in total. The van der Waals surface area contributed by atoms with Crippen LogP contribution in [0.15, 0.2) is 42.9 Å². The highest BCUT2D eigenvalue weighted by Gasteiger charge is 2.50. The molecular weight excluding hydrogens is 308 g/mol. The first-order valence-corrected chi connectivity index (χ1v) is 8.02. The van der Waals surface area contributed by atoms with Crippen molar-refractivity contribution in [2.45, 2.75) is 24.5 Å². The van der Waals surface area contributed by atoms with E-state index in [2.05, 4.69) is 15.2 Å². The van der Waals surface area contributed by atoms with Crippen LogP contribution in [0.2, 0.25) is 0 Å². The second kappa shape index (κ2) is 6.16. The summed E-state index contributed by atoms with van der Waals surface area (Å²) < 4.78 is 11.9. The van der Waals surface area contributed by atoms with E-state index in [0.29, 0.717) is 31.1 Å². The zero-order chi connectivity index (χ0) is 16.4. The molecule has 2 aromatic rings. The Kier molecular flexibility index (Phi) is 3.86. The summed E-state index contributed by atoms with van der Waals surface area (Å²) in [5.41, 5.74) is 0.255. The Bertz CT molecular complexity index is 704. The molecule has 24 heavy (non-hydrogen) atoms. The fraction of sp³-hybridized carbons (Fsp3) is 0.412. The minimum absolute atomic E-state index is 0.0353. The largest absolute Gasteiger partial charge is 0.474 e. The van der Waals surface area contributed by atoms with E-state index in [1.54, 1.807) is 17.2 Å². The molecule has 7 heteroatoms. The molecule has 0 aromatic carbocycles. The third-order valence-electron chi connectivity index (χ3n) is 4.45. The van der Waals surface area contributed by atoms with Gasteiger partial charge in [0.2, 0.25) is 5.88 Å². The minimum atomic E-state index is -0.298. The lowest BCUT2D eigenvalue weighted by Gasteiger charge is -2.52. The summed E-state index contributed by atoms with van der Waals surface area (Å²) >= 11 is 0. The van der Waals surface area contributed by atoms with E-state index in [-0.39, 0.29) is 17.6 Å². The first-order chi connectivity index (χ1) is 11.7. The molecular formula is C17H18N4O3.